The minimum atomic E-state index is -4.50. The molecule has 0 unspecified atom stereocenters. The van der Waals surface area contributed by atoms with Gasteiger partial charge in [0.2, 0.25) is 0 Å². The molecular weight excluding hydrogens is 266 g/mol. The molecule has 1 aromatic carbocycles. The topological polar surface area (TPSA) is 30.5 Å². The highest BCUT2D eigenvalue weighted by Gasteiger charge is 2.29. The van der Waals surface area contributed by atoms with Crippen LogP contribution in [0, 0.1) is 5.82 Å². The highest BCUT2D eigenvalue weighted by atomic mass is 19.4. The number of rotatable bonds is 7. The van der Waals surface area contributed by atoms with Crippen LogP contribution in [0.5, 0.6) is 5.75 Å². The van der Waals surface area contributed by atoms with Crippen LogP contribution >= 0.6 is 0 Å². The lowest BCUT2D eigenvalue weighted by atomic mass is 10.2. The summed E-state index contributed by atoms with van der Waals surface area (Å²) in [7, 11) is 1.53. The standard InChI is InChI=1S/C12H15F4NO2/c1-18-6-5-17-7-9-3-2-4-10(13)11(9)19-8-12(14,15)16/h2-4,17H,5-8H2,1H3. The highest BCUT2D eigenvalue weighted by Crippen LogP contribution is 2.25. The van der Waals surface area contributed by atoms with E-state index < -0.39 is 18.6 Å². The molecule has 19 heavy (non-hydrogen) atoms. The molecule has 0 heterocycles. The predicted octanol–water partition coefficient (Wildman–Crippen LogP) is 2.50. The average molecular weight is 281 g/mol. The summed E-state index contributed by atoms with van der Waals surface area (Å²) in [6.07, 6.45) is -4.50. The van der Waals surface area contributed by atoms with Crippen molar-refractivity contribution >= 4 is 0 Å². The maximum atomic E-state index is 13.5. The third-order valence-electron chi connectivity index (χ3n) is 2.23. The fourth-order valence-electron chi connectivity index (χ4n) is 1.41. The number of ether oxygens (including phenoxy) is 2. The molecule has 0 aliphatic rings. The predicted molar refractivity (Wildman–Crippen MR) is 61.5 cm³/mol. The van der Waals surface area contributed by atoms with E-state index >= 15 is 0 Å². The van der Waals surface area contributed by atoms with Crippen molar-refractivity contribution in [2.24, 2.45) is 0 Å². The van der Waals surface area contributed by atoms with E-state index in [4.69, 9.17) is 4.74 Å². The number of alkyl halides is 3. The third-order valence-corrected chi connectivity index (χ3v) is 2.23. The van der Waals surface area contributed by atoms with E-state index in [1.165, 1.54) is 19.2 Å². The molecule has 7 heteroatoms. The Balaban J connectivity index is 2.66. The molecule has 0 saturated carbocycles. The summed E-state index contributed by atoms with van der Waals surface area (Å²) in [4.78, 5) is 0. The molecule has 0 bridgehead atoms. The van der Waals surface area contributed by atoms with E-state index in [1.807, 2.05) is 0 Å². The zero-order valence-electron chi connectivity index (χ0n) is 10.4. The van der Waals surface area contributed by atoms with Crippen molar-refractivity contribution in [3.8, 4) is 5.75 Å². The lowest BCUT2D eigenvalue weighted by Gasteiger charge is -2.14. The third kappa shape index (κ3) is 5.89. The summed E-state index contributed by atoms with van der Waals surface area (Å²) in [6, 6.07) is 3.99. The van der Waals surface area contributed by atoms with Gasteiger partial charge in [-0.15, -0.1) is 0 Å². The van der Waals surface area contributed by atoms with Crippen molar-refractivity contribution < 1.29 is 27.0 Å². The molecular formula is C12H15F4NO2. The maximum Gasteiger partial charge on any atom is 0.422 e. The zero-order valence-corrected chi connectivity index (χ0v) is 10.4. The first-order valence-electron chi connectivity index (χ1n) is 5.60. The van der Waals surface area contributed by atoms with Crippen LogP contribution in [0.3, 0.4) is 0 Å². The molecule has 3 nitrogen and oxygen atoms in total. The summed E-state index contributed by atoms with van der Waals surface area (Å²) in [5.41, 5.74) is 0.334. The van der Waals surface area contributed by atoms with Crippen molar-refractivity contribution in [3.05, 3.63) is 29.6 Å². The number of nitrogens with one attached hydrogen (secondary N) is 1. The minimum absolute atomic E-state index is 0.203. The minimum Gasteiger partial charge on any atom is -0.481 e. The number of hydrogen-bond acceptors (Lipinski definition) is 3. The van der Waals surface area contributed by atoms with E-state index in [0.29, 0.717) is 18.7 Å². The summed E-state index contributed by atoms with van der Waals surface area (Å²) < 4.78 is 59.0. The highest BCUT2D eigenvalue weighted by molar-refractivity contribution is 5.34. The van der Waals surface area contributed by atoms with E-state index in [1.54, 1.807) is 0 Å². The zero-order chi connectivity index (χ0) is 14.3. The van der Waals surface area contributed by atoms with Crippen molar-refractivity contribution in [2.45, 2.75) is 12.7 Å². The molecule has 0 atom stereocenters. The second kappa shape index (κ2) is 7.30. The van der Waals surface area contributed by atoms with Crippen LogP contribution < -0.4 is 10.1 Å². The Kier molecular flexibility index (Phi) is 6.04. The van der Waals surface area contributed by atoms with Gasteiger partial charge >= 0.3 is 6.18 Å². The molecule has 0 spiro atoms. The Morgan fingerprint density at radius 1 is 1.26 bits per heavy atom. The van der Waals surface area contributed by atoms with Crippen LogP contribution in [-0.4, -0.2) is 33.0 Å². The SMILES string of the molecule is COCCNCc1cccc(F)c1OCC(F)(F)F. The quantitative estimate of drug-likeness (QED) is 0.615. The van der Waals surface area contributed by atoms with Gasteiger partial charge in [-0.3, -0.25) is 0 Å². The second-order valence-electron chi connectivity index (χ2n) is 3.80. The monoisotopic (exact) mass is 281 g/mol. The Labute approximate surface area is 108 Å². The van der Waals surface area contributed by atoms with Crippen LogP contribution in [0.15, 0.2) is 18.2 Å². The largest absolute Gasteiger partial charge is 0.481 e. The summed E-state index contributed by atoms with van der Waals surface area (Å²) >= 11 is 0. The molecule has 0 aromatic heterocycles. The summed E-state index contributed by atoms with van der Waals surface area (Å²) in [6.45, 7) is -0.354. The van der Waals surface area contributed by atoms with Crippen molar-refractivity contribution in [1.29, 1.82) is 0 Å². The fraction of sp³-hybridized carbons (Fsp3) is 0.500. The normalized spacial score (nSPS) is 11.6. The van der Waals surface area contributed by atoms with Gasteiger partial charge in [-0.05, 0) is 6.07 Å². The molecule has 1 rings (SSSR count). The van der Waals surface area contributed by atoms with E-state index in [0.717, 1.165) is 6.07 Å². The lowest BCUT2D eigenvalue weighted by molar-refractivity contribution is -0.153. The molecule has 1 aromatic rings. The molecule has 0 amide bonds. The smallest absolute Gasteiger partial charge is 0.422 e. The van der Waals surface area contributed by atoms with Crippen LogP contribution in [0.25, 0.3) is 0 Å². The van der Waals surface area contributed by atoms with Gasteiger partial charge in [-0.2, -0.15) is 13.2 Å². The maximum absolute atomic E-state index is 13.5. The molecule has 1 N–H and O–H groups in total. The van der Waals surface area contributed by atoms with Gasteiger partial charge in [0, 0.05) is 25.8 Å². The average Bonchev–Trinajstić information content (AvgIpc) is 2.32. The molecule has 0 saturated heterocycles. The number of benzene rings is 1. The lowest BCUT2D eigenvalue weighted by Crippen LogP contribution is -2.22. The van der Waals surface area contributed by atoms with Gasteiger partial charge < -0.3 is 14.8 Å². The van der Waals surface area contributed by atoms with Gasteiger partial charge in [0.05, 0.1) is 6.61 Å². The van der Waals surface area contributed by atoms with Crippen molar-refractivity contribution in [1.82, 2.24) is 5.32 Å². The first-order valence-corrected chi connectivity index (χ1v) is 5.60. The van der Waals surface area contributed by atoms with E-state index in [-0.39, 0.29) is 12.3 Å². The second-order valence-corrected chi connectivity index (χ2v) is 3.80. The molecule has 108 valence electrons. The number of halogens is 4. The van der Waals surface area contributed by atoms with Crippen molar-refractivity contribution in [2.75, 3.05) is 26.9 Å². The van der Waals surface area contributed by atoms with Gasteiger partial charge in [0.15, 0.2) is 18.2 Å². The number of methoxy groups -OCH3 is 1. The van der Waals surface area contributed by atoms with Crippen LogP contribution in [0.4, 0.5) is 17.6 Å². The van der Waals surface area contributed by atoms with Gasteiger partial charge in [0.25, 0.3) is 0 Å². The van der Waals surface area contributed by atoms with Crippen LogP contribution in [0.2, 0.25) is 0 Å². The van der Waals surface area contributed by atoms with Crippen LogP contribution in [-0.2, 0) is 11.3 Å². The van der Waals surface area contributed by atoms with E-state index in [9.17, 15) is 17.6 Å². The summed E-state index contributed by atoms with van der Waals surface area (Å²) in [5, 5.41) is 2.91. The van der Waals surface area contributed by atoms with Crippen LogP contribution in [0.1, 0.15) is 5.56 Å². The molecule has 0 aliphatic heterocycles. The first-order chi connectivity index (χ1) is 8.94. The molecule has 0 aliphatic carbocycles. The number of para-hydroxylation sites is 1. The van der Waals surface area contributed by atoms with Gasteiger partial charge in [0.1, 0.15) is 0 Å². The molecule has 0 fully saturated rings. The van der Waals surface area contributed by atoms with E-state index in [2.05, 4.69) is 10.1 Å². The fourth-order valence-corrected chi connectivity index (χ4v) is 1.41. The Morgan fingerprint density at radius 2 is 2.00 bits per heavy atom. The Morgan fingerprint density at radius 3 is 2.63 bits per heavy atom. The first kappa shape index (κ1) is 15.7. The molecule has 0 radical (unpaired) electrons. The van der Waals surface area contributed by atoms with Gasteiger partial charge in [-0.25, -0.2) is 4.39 Å². The van der Waals surface area contributed by atoms with Crippen molar-refractivity contribution in [3.63, 3.8) is 0 Å². The Bertz CT molecular complexity index is 396. The van der Waals surface area contributed by atoms with Gasteiger partial charge in [-0.1, -0.05) is 12.1 Å². The summed E-state index contributed by atoms with van der Waals surface area (Å²) in [5.74, 6) is -1.18. The Hall–Kier alpha value is -1.34. The number of hydrogen-bond donors (Lipinski definition) is 1.